The predicted molar refractivity (Wildman–Crippen MR) is 77.9 cm³/mol. The van der Waals surface area contributed by atoms with Crippen molar-refractivity contribution in [1.29, 1.82) is 0 Å². The Morgan fingerprint density at radius 1 is 1.26 bits per heavy atom. The molecule has 0 fully saturated rings. The lowest BCUT2D eigenvalue weighted by Crippen LogP contribution is -2.12. The Kier molecular flexibility index (Phi) is 4.07. The second-order valence-corrected chi connectivity index (χ2v) is 5.12. The van der Waals surface area contributed by atoms with Crippen LogP contribution in [0.1, 0.15) is 10.4 Å². The highest BCUT2D eigenvalue weighted by molar-refractivity contribution is 9.10. The smallest absolute Gasteiger partial charge is 0.255 e. The van der Waals surface area contributed by atoms with Crippen molar-refractivity contribution in [2.24, 2.45) is 0 Å². The van der Waals surface area contributed by atoms with Gasteiger partial charge in [0.1, 0.15) is 5.82 Å². The summed E-state index contributed by atoms with van der Waals surface area (Å²) in [5.74, 6) is -0.900. The molecule has 0 aromatic heterocycles. The van der Waals surface area contributed by atoms with E-state index in [1.54, 1.807) is 12.1 Å². The Morgan fingerprint density at radius 3 is 2.63 bits per heavy atom. The third-order valence-electron chi connectivity index (χ3n) is 2.36. The molecule has 19 heavy (non-hydrogen) atoms. The van der Waals surface area contributed by atoms with Crippen molar-refractivity contribution < 1.29 is 9.18 Å². The van der Waals surface area contributed by atoms with Crippen LogP contribution in [0.25, 0.3) is 0 Å². The van der Waals surface area contributed by atoms with Crippen LogP contribution in [0.4, 0.5) is 15.8 Å². The first-order valence-corrected chi connectivity index (χ1v) is 6.45. The number of nitrogens with one attached hydrogen (secondary N) is 1. The second kappa shape index (κ2) is 5.59. The molecule has 2 rings (SSSR count). The number of rotatable bonds is 2. The lowest BCUT2D eigenvalue weighted by Gasteiger charge is -2.07. The van der Waals surface area contributed by atoms with Gasteiger partial charge in [-0.25, -0.2) is 4.39 Å². The first kappa shape index (κ1) is 13.8. The maximum atomic E-state index is 13.1. The highest BCUT2D eigenvalue weighted by Gasteiger charge is 2.09. The van der Waals surface area contributed by atoms with Crippen LogP contribution in [-0.2, 0) is 0 Å². The minimum atomic E-state index is -0.510. The molecule has 98 valence electrons. The Balaban J connectivity index is 2.22. The Morgan fingerprint density at radius 2 is 2.00 bits per heavy atom. The molecule has 0 atom stereocenters. The van der Waals surface area contributed by atoms with Crippen molar-refractivity contribution >= 4 is 44.8 Å². The van der Waals surface area contributed by atoms with Crippen molar-refractivity contribution in [3.05, 3.63) is 57.3 Å². The van der Waals surface area contributed by atoms with Crippen LogP contribution in [0.15, 0.2) is 40.9 Å². The number of carbonyl (C=O) groups excluding carboxylic acids is 1. The van der Waals surface area contributed by atoms with Gasteiger partial charge in [0.05, 0.1) is 5.02 Å². The number of amides is 1. The molecule has 0 spiro atoms. The van der Waals surface area contributed by atoms with Crippen molar-refractivity contribution in [2.45, 2.75) is 0 Å². The third-order valence-corrected chi connectivity index (χ3v) is 3.59. The van der Waals surface area contributed by atoms with Crippen LogP contribution < -0.4 is 11.1 Å². The van der Waals surface area contributed by atoms with Crippen LogP contribution in [0.2, 0.25) is 5.02 Å². The number of nitrogens with two attached hydrogens (primary N) is 1. The van der Waals surface area contributed by atoms with Crippen molar-refractivity contribution in [3.63, 3.8) is 0 Å². The minimum absolute atomic E-state index is 0.240. The van der Waals surface area contributed by atoms with Gasteiger partial charge in [-0.2, -0.15) is 0 Å². The molecule has 1 amide bonds. The van der Waals surface area contributed by atoms with Gasteiger partial charge in [0, 0.05) is 21.4 Å². The first-order chi connectivity index (χ1) is 8.95. The van der Waals surface area contributed by atoms with Gasteiger partial charge >= 0.3 is 0 Å². The highest BCUT2D eigenvalue weighted by atomic mass is 79.9. The monoisotopic (exact) mass is 342 g/mol. The molecular formula is C13H9BrClFN2O. The Bertz CT molecular complexity index is 628. The molecule has 0 saturated carbocycles. The molecule has 0 aliphatic carbocycles. The van der Waals surface area contributed by atoms with E-state index >= 15 is 0 Å². The van der Waals surface area contributed by atoms with E-state index < -0.39 is 5.82 Å². The quantitative estimate of drug-likeness (QED) is 0.807. The molecule has 0 aliphatic heterocycles. The summed E-state index contributed by atoms with van der Waals surface area (Å²) < 4.78 is 13.8. The van der Waals surface area contributed by atoms with Gasteiger partial charge < -0.3 is 11.1 Å². The lowest BCUT2D eigenvalue weighted by atomic mass is 10.2. The molecule has 0 radical (unpaired) electrons. The fourth-order valence-electron chi connectivity index (χ4n) is 1.53. The molecule has 3 N–H and O–H groups in total. The molecule has 0 heterocycles. The van der Waals surface area contributed by atoms with Crippen LogP contribution in [0.5, 0.6) is 0 Å². The van der Waals surface area contributed by atoms with Crippen LogP contribution in [0, 0.1) is 5.82 Å². The molecule has 0 saturated heterocycles. The zero-order chi connectivity index (χ0) is 14.0. The number of benzene rings is 2. The number of halogens is 3. The summed E-state index contributed by atoms with van der Waals surface area (Å²) in [6.07, 6.45) is 0. The Hall–Kier alpha value is -1.59. The van der Waals surface area contributed by atoms with E-state index in [0.29, 0.717) is 20.7 Å². The number of anilines is 2. The van der Waals surface area contributed by atoms with Gasteiger partial charge in [0.2, 0.25) is 0 Å². The predicted octanol–water partition coefficient (Wildman–Crippen LogP) is 4.08. The second-order valence-electron chi connectivity index (χ2n) is 3.86. The van der Waals surface area contributed by atoms with Crippen molar-refractivity contribution in [2.75, 3.05) is 11.1 Å². The van der Waals surface area contributed by atoms with Gasteiger partial charge in [-0.05, 0) is 52.3 Å². The first-order valence-electron chi connectivity index (χ1n) is 5.28. The molecule has 0 unspecified atom stereocenters. The zero-order valence-electron chi connectivity index (χ0n) is 9.58. The largest absolute Gasteiger partial charge is 0.399 e. The van der Waals surface area contributed by atoms with Gasteiger partial charge in [-0.15, -0.1) is 0 Å². The summed E-state index contributed by atoms with van der Waals surface area (Å²) in [4.78, 5) is 12.0. The SMILES string of the molecule is Nc1cc(F)cc(NC(=O)c2ccc(Br)c(Cl)c2)c1. The molecule has 2 aromatic rings. The minimum Gasteiger partial charge on any atom is -0.399 e. The summed E-state index contributed by atoms with van der Waals surface area (Å²) in [5, 5.41) is 2.98. The molecular weight excluding hydrogens is 335 g/mol. The summed E-state index contributed by atoms with van der Waals surface area (Å²) in [6.45, 7) is 0. The van der Waals surface area contributed by atoms with Gasteiger partial charge in [0.15, 0.2) is 0 Å². The van der Waals surface area contributed by atoms with Gasteiger partial charge in [0.25, 0.3) is 5.91 Å². The average Bonchev–Trinajstić information content (AvgIpc) is 2.31. The van der Waals surface area contributed by atoms with Crippen molar-refractivity contribution in [1.82, 2.24) is 0 Å². The van der Waals surface area contributed by atoms with E-state index in [0.717, 1.165) is 0 Å². The maximum absolute atomic E-state index is 13.1. The third kappa shape index (κ3) is 3.45. The fraction of sp³-hybridized carbons (Fsp3) is 0. The van der Waals surface area contributed by atoms with Crippen LogP contribution >= 0.6 is 27.5 Å². The normalized spacial score (nSPS) is 10.3. The van der Waals surface area contributed by atoms with Crippen molar-refractivity contribution in [3.8, 4) is 0 Å². The molecule has 6 heteroatoms. The van der Waals surface area contributed by atoms with Crippen LogP contribution in [-0.4, -0.2) is 5.91 Å². The lowest BCUT2D eigenvalue weighted by molar-refractivity contribution is 0.102. The fourth-order valence-corrected chi connectivity index (χ4v) is 1.95. The standard InChI is InChI=1S/C13H9BrClFN2O/c14-11-2-1-7(3-12(11)15)13(19)18-10-5-8(16)4-9(17)6-10/h1-6H,17H2,(H,18,19). The van der Waals surface area contributed by atoms with Gasteiger partial charge in [-0.1, -0.05) is 11.6 Å². The highest BCUT2D eigenvalue weighted by Crippen LogP contribution is 2.24. The topological polar surface area (TPSA) is 55.1 Å². The number of carbonyl (C=O) groups is 1. The van der Waals surface area contributed by atoms with E-state index in [9.17, 15) is 9.18 Å². The molecule has 0 bridgehead atoms. The summed E-state index contributed by atoms with van der Waals surface area (Å²) in [6, 6.07) is 8.62. The Labute approximate surface area is 122 Å². The van der Waals surface area contributed by atoms with E-state index in [4.69, 9.17) is 17.3 Å². The van der Waals surface area contributed by atoms with Crippen LogP contribution in [0.3, 0.4) is 0 Å². The average molecular weight is 344 g/mol. The summed E-state index contributed by atoms with van der Waals surface area (Å²) in [5.41, 5.74) is 6.40. The summed E-state index contributed by atoms with van der Waals surface area (Å²) >= 11 is 9.14. The summed E-state index contributed by atoms with van der Waals surface area (Å²) in [7, 11) is 0. The van der Waals surface area contributed by atoms with E-state index in [2.05, 4.69) is 21.2 Å². The van der Waals surface area contributed by atoms with Gasteiger partial charge in [-0.3, -0.25) is 4.79 Å². The molecule has 0 aliphatic rings. The molecule has 3 nitrogen and oxygen atoms in total. The maximum Gasteiger partial charge on any atom is 0.255 e. The zero-order valence-corrected chi connectivity index (χ0v) is 11.9. The number of nitrogen functional groups attached to an aromatic ring is 1. The van der Waals surface area contributed by atoms with E-state index in [-0.39, 0.29) is 11.6 Å². The molecule has 2 aromatic carbocycles. The van der Waals surface area contributed by atoms with E-state index in [1.165, 1.54) is 24.3 Å². The van der Waals surface area contributed by atoms with E-state index in [1.807, 2.05) is 0 Å². The number of hydrogen-bond acceptors (Lipinski definition) is 2. The number of hydrogen-bond donors (Lipinski definition) is 2.